The molecule has 10 heavy (non-hydrogen) atoms. The minimum Gasteiger partial charge on any atom is -0.492 e. The summed E-state index contributed by atoms with van der Waals surface area (Å²) in [6.07, 6.45) is 0. The first kappa shape index (κ1) is 13.0. The molecule has 0 saturated carbocycles. The zero-order valence-corrected chi connectivity index (χ0v) is 7.70. The van der Waals surface area contributed by atoms with Crippen LogP contribution in [0, 0.1) is 0 Å². The van der Waals surface area contributed by atoms with Crippen LogP contribution in [-0.2, 0) is 4.74 Å². The van der Waals surface area contributed by atoms with Crippen molar-refractivity contribution in [3.05, 3.63) is 0 Å². The zero-order chi connectivity index (χ0) is 7.28. The van der Waals surface area contributed by atoms with Gasteiger partial charge in [0.05, 0.1) is 6.61 Å². The number of hydrogen-bond donors (Lipinski definition) is 0. The molecule has 0 aromatic carbocycles. The summed E-state index contributed by atoms with van der Waals surface area (Å²) in [4.78, 5) is 10.2. The first-order valence-corrected chi connectivity index (χ1v) is 4.13. The third-order valence-corrected chi connectivity index (χ3v) is 1.47. The van der Waals surface area contributed by atoms with Crippen LogP contribution in [0.4, 0.5) is 13.6 Å². The fourth-order valence-corrected chi connectivity index (χ4v) is 0.920. The summed E-state index contributed by atoms with van der Waals surface area (Å²) in [7, 11) is 0. The monoisotopic (exact) mass is 184 g/mol. The van der Waals surface area contributed by atoms with E-state index >= 15 is 0 Å². The molecule has 0 saturated heterocycles. The van der Waals surface area contributed by atoms with Crippen LogP contribution in [0.1, 0.15) is 6.92 Å². The van der Waals surface area contributed by atoms with Crippen LogP contribution in [0.25, 0.3) is 0 Å². The second-order valence-electron chi connectivity index (χ2n) is 1.40. The number of alkyl halides is 2. The molecular weight excluding hydrogens is 178 g/mol. The van der Waals surface area contributed by atoms with Crippen molar-refractivity contribution in [3.63, 3.8) is 0 Å². The van der Waals surface area contributed by atoms with Crippen LogP contribution >= 0.6 is 12.4 Å². The molecule has 0 aliphatic heterocycles. The van der Waals surface area contributed by atoms with Crippen LogP contribution in [0.3, 0.4) is 0 Å². The minimum absolute atomic E-state index is 0. The molecule has 0 bridgehead atoms. The standard InChI is InChI=1S/C3H5O2.CHF2.ClH.Mg/c1-2-5-3-4;2-1-3;;/h2H2,1H3;1H;1H;. The van der Waals surface area contributed by atoms with Crippen LogP contribution in [0.2, 0.25) is 0 Å². The van der Waals surface area contributed by atoms with E-state index in [0.29, 0.717) is 0 Å². The summed E-state index contributed by atoms with van der Waals surface area (Å²) in [5, 5.41) is 0. The van der Waals surface area contributed by atoms with Gasteiger partial charge in [0.25, 0.3) is 0 Å². The molecule has 0 aromatic heterocycles. The van der Waals surface area contributed by atoms with E-state index in [-0.39, 0.29) is 19.0 Å². The number of carbonyl (C=O) groups is 1. The highest BCUT2D eigenvalue weighted by Crippen LogP contribution is 1.90. The highest BCUT2D eigenvalue weighted by atomic mass is 35.5. The maximum Gasteiger partial charge on any atom is 0.635 e. The van der Waals surface area contributed by atoms with Gasteiger partial charge in [-0.15, -0.1) is 12.4 Å². The average molecular weight is 185 g/mol. The topological polar surface area (TPSA) is 26.3 Å². The van der Waals surface area contributed by atoms with Crippen molar-refractivity contribution in [1.29, 1.82) is 0 Å². The SMILES string of the molecule is CCO[C](=O)[Mg][CH](F)F.Cl. The molecule has 0 aliphatic carbocycles. The smallest absolute Gasteiger partial charge is 0.492 e. The molecule has 0 amide bonds. The second kappa shape index (κ2) is 7.49. The van der Waals surface area contributed by atoms with E-state index in [4.69, 9.17) is 0 Å². The highest BCUT2D eigenvalue weighted by Gasteiger charge is 2.19. The molecule has 6 heteroatoms. The molecule has 0 radical (unpaired) electrons. The Morgan fingerprint density at radius 1 is 1.70 bits per heavy atom. The summed E-state index contributed by atoms with van der Waals surface area (Å²) in [5.74, 6) is 0. The Morgan fingerprint density at radius 3 is 2.50 bits per heavy atom. The molecule has 0 heterocycles. The molecule has 0 rings (SSSR count). The lowest BCUT2D eigenvalue weighted by molar-refractivity contribution is 0.173. The van der Waals surface area contributed by atoms with Gasteiger partial charge in [-0.2, -0.15) is 0 Å². The van der Waals surface area contributed by atoms with Gasteiger partial charge in [0.2, 0.25) is 0 Å². The van der Waals surface area contributed by atoms with E-state index in [2.05, 4.69) is 4.74 Å². The highest BCUT2D eigenvalue weighted by molar-refractivity contribution is 6.72. The molecule has 2 nitrogen and oxygen atoms in total. The summed E-state index contributed by atoms with van der Waals surface area (Å²) < 4.78 is 23.9. The quantitative estimate of drug-likeness (QED) is 0.622. The van der Waals surface area contributed by atoms with Gasteiger partial charge in [-0.05, 0) is 6.92 Å². The van der Waals surface area contributed by atoms with Crippen LogP contribution in [0.5, 0.6) is 0 Å². The maximum absolute atomic E-state index is 11.4. The Balaban J connectivity index is 0. The van der Waals surface area contributed by atoms with Gasteiger partial charge >= 0.3 is 20.4 Å². The van der Waals surface area contributed by atoms with Gasteiger partial charge in [0.1, 0.15) is 8.65 Å². The molecule has 0 aliphatic rings. The molecule has 0 unspecified atom stereocenters. The summed E-state index contributed by atoms with van der Waals surface area (Å²) in [6.45, 7) is 1.79. The van der Waals surface area contributed by atoms with Crippen LogP contribution in [0.15, 0.2) is 0 Å². The number of halogens is 3. The summed E-state index contributed by atoms with van der Waals surface area (Å²) >= 11 is -1.93. The molecule has 0 N–H and O–H groups in total. The molecule has 0 atom stereocenters. The van der Waals surface area contributed by atoms with E-state index in [1.165, 1.54) is 0 Å². The van der Waals surface area contributed by atoms with Gasteiger partial charge in [-0.25, -0.2) is 8.78 Å². The van der Waals surface area contributed by atoms with E-state index in [9.17, 15) is 13.6 Å². The van der Waals surface area contributed by atoms with Crippen LogP contribution in [-0.4, -0.2) is 35.6 Å². The Bertz CT molecular complexity index is 101. The lowest BCUT2D eigenvalue weighted by atomic mass is 10.9. The maximum atomic E-state index is 11.4. The molecule has 58 valence electrons. The number of rotatable bonds is 3. The number of ether oxygens (including phenoxy) is 1. The number of carbonyl (C=O) groups excluding carboxylic acids is 1. The Hall–Kier alpha value is 0.386. The van der Waals surface area contributed by atoms with Gasteiger partial charge in [-0.1, -0.05) is 0 Å². The van der Waals surface area contributed by atoms with E-state index in [0.717, 1.165) is 0 Å². The van der Waals surface area contributed by atoms with Crippen molar-refractivity contribution in [2.24, 2.45) is 0 Å². The van der Waals surface area contributed by atoms with Crippen molar-refractivity contribution in [3.8, 4) is 0 Å². The van der Waals surface area contributed by atoms with Gasteiger partial charge in [-0.3, -0.25) is 4.79 Å². The predicted octanol–water partition coefficient (Wildman–Crippen LogP) is 1.49. The molecule has 0 fully saturated rings. The van der Waals surface area contributed by atoms with Crippen molar-refractivity contribution in [2.75, 3.05) is 6.61 Å². The van der Waals surface area contributed by atoms with Gasteiger partial charge < -0.3 is 4.74 Å². The van der Waals surface area contributed by atoms with E-state index in [1.54, 1.807) is 6.92 Å². The predicted molar refractivity (Wildman–Crippen MR) is 36.0 cm³/mol. The van der Waals surface area contributed by atoms with Crippen molar-refractivity contribution < 1.29 is 18.3 Å². The average Bonchev–Trinajstić information content (AvgIpc) is 1.63. The first-order valence-electron chi connectivity index (χ1n) is 2.60. The fraction of sp³-hybridized carbons (Fsp3) is 0.750. The summed E-state index contributed by atoms with van der Waals surface area (Å²) in [5.41, 5.74) is 0. The second-order valence-corrected chi connectivity index (χ2v) is 3.00. The minimum atomic E-state index is -2.45. The normalized spacial score (nSPS) is 8.00. The molecular formula is C4H7ClF2MgO2. The Labute approximate surface area is 73.4 Å². The van der Waals surface area contributed by atoms with Gasteiger partial charge in [0, 0.05) is 0 Å². The van der Waals surface area contributed by atoms with Gasteiger partial charge in [0.15, 0.2) is 0 Å². The molecule has 0 spiro atoms. The third kappa shape index (κ3) is 8.39. The molecule has 0 aromatic rings. The lowest BCUT2D eigenvalue weighted by Gasteiger charge is -1.97. The zero-order valence-electron chi connectivity index (χ0n) is 5.47. The first-order chi connectivity index (χ1) is 4.16. The summed E-state index contributed by atoms with van der Waals surface area (Å²) in [6, 6.07) is 0. The van der Waals surface area contributed by atoms with Crippen molar-refractivity contribution >= 4 is 36.9 Å². The van der Waals surface area contributed by atoms with Crippen molar-refractivity contribution in [1.82, 2.24) is 0 Å². The largest absolute Gasteiger partial charge is 0.635 e. The Morgan fingerprint density at radius 2 is 2.20 bits per heavy atom. The van der Waals surface area contributed by atoms with Crippen molar-refractivity contribution in [2.45, 2.75) is 11.5 Å². The Kier molecular flexibility index (Phi) is 9.75. The van der Waals surface area contributed by atoms with Crippen LogP contribution < -0.4 is 0 Å². The lowest BCUT2D eigenvalue weighted by Crippen LogP contribution is -2.18. The van der Waals surface area contributed by atoms with E-state index in [1.807, 2.05) is 0 Å². The fourth-order valence-electron chi connectivity index (χ4n) is 0.346. The number of hydrogen-bond acceptors (Lipinski definition) is 2. The third-order valence-electron chi connectivity index (χ3n) is 0.626. The van der Waals surface area contributed by atoms with E-state index < -0.39 is 29.0 Å².